The molecule has 0 saturated heterocycles. The predicted molar refractivity (Wildman–Crippen MR) is 87.5 cm³/mol. The number of rotatable bonds is 6. The van der Waals surface area contributed by atoms with Crippen molar-refractivity contribution in [2.45, 2.75) is 12.3 Å². The van der Waals surface area contributed by atoms with E-state index >= 15 is 0 Å². The molecule has 0 spiro atoms. The molecule has 2 aromatic rings. The predicted octanol–water partition coefficient (Wildman–Crippen LogP) is 4.61. The standard InChI is InChI=1S/C16H17BrClNO/c17-14-4-2-6-16(10-14)20-8-7-13(11-19)12-3-1-5-15(18)9-12/h1-6,9-10,13H,7-8,11,19H2. The number of hydrogen-bond acceptors (Lipinski definition) is 2. The van der Waals surface area contributed by atoms with Crippen LogP contribution in [-0.4, -0.2) is 13.2 Å². The fourth-order valence-corrected chi connectivity index (χ4v) is 2.63. The van der Waals surface area contributed by atoms with Crippen LogP contribution in [0.1, 0.15) is 17.9 Å². The van der Waals surface area contributed by atoms with Crippen molar-refractivity contribution >= 4 is 27.5 Å². The molecule has 0 aliphatic rings. The number of benzene rings is 2. The Labute approximate surface area is 133 Å². The van der Waals surface area contributed by atoms with E-state index < -0.39 is 0 Å². The van der Waals surface area contributed by atoms with Crippen LogP contribution in [0.2, 0.25) is 5.02 Å². The minimum Gasteiger partial charge on any atom is -0.494 e. The average Bonchev–Trinajstić information content (AvgIpc) is 2.44. The lowest BCUT2D eigenvalue weighted by Crippen LogP contribution is -2.15. The van der Waals surface area contributed by atoms with Gasteiger partial charge >= 0.3 is 0 Å². The van der Waals surface area contributed by atoms with Crippen molar-refractivity contribution in [3.63, 3.8) is 0 Å². The normalized spacial score (nSPS) is 12.2. The summed E-state index contributed by atoms with van der Waals surface area (Å²) in [4.78, 5) is 0. The van der Waals surface area contributed by atoms with Gasteiger partial charge in [0.15, 0.2) is 0 Å². The Morgan fingerprint density at radius 3 is 2.65 bits per heavy atom. The molecule has 0 amide bonds. The molecule has 2 aromatic carbocycles. The third kappa shape index (κ3) is 4.51. The molecule has 0 aromatic heterocycles. The largest absolute Gasteiger partial charge is 0.494 e. The summed E-state index contributed by atoms with van der Waals surface area (Å²) in [5.41, 5.74) is 7.02. The molecule has 2 nitrogen and oxygen atoms in total. The minimum atomic E-state index is 0.265. The lowest BCUT2D eigenvalue weighted by molar-refractivity contribution is 0.298. The minimum absolute atomic E-state index is 0.265. The van der Waals surface area contributed by atoms with Crippen molar-refractivity contribution in [3.05, 3.63) is 63.6 Å². The molecule has 1 atom stereocenters. The van der Waals surface area contributed by atoms with Crippen LogP contribution < -0.4 is 10.5 Å². The van der Waals surface area contributed by atoms with Gasteiger partial charge in [-0.05, 0) is 54.8 Å². The van der Waals surface area contributed by atoms with Crippen LogP contribution in [0.15, 0.2) is 53.0 Å². The second-order valence-electron chi connectivity index (χ2n) is 4.58. The maximum Gasteiger partial charge on any atom is 0.120 e. The first-order valence-corrected chi connectivity index (χ1v) is 7.70. The lowest BCUT2D eigenvalue weighted by atomic mass is 9.96. The van der Waals surface area contributed by atoms with Gasteiger partial charge in [0.1, 0.15) is 5.75 Å². The molecular weight excluding hydrogens is 338 g/mol. The van der Waals surface area contributed by atoms with Crippen LogP contribution in [0.5, 0.6) is 5.75 Å². The zero-order chi connectivity index (χ0) is 14.4. The molecule has 2 rings (SSSR count). The summed E-state index contributed by atoms with van der Waals surface area (Å²) in [6, 6.07) is 15.7. The molecule has 0 fully saturated rings. The molecule has 106 valence electrons. The number of nitrogens with two attached hydrogens (primary N) is 1. The maximum absolute atomic E-state index is 6.02. The Bertz CT molecular complexity index is 562. The summed E-state index contributed by atoms with van der Waals surface area (Å²) in [6.45, 7) is 1.22. The SMILES string of the molecule is NCC(CCOc1cccc(Br)c1)c1cccc(Cl)c1. The topological polar surface area (TPSA) is 35.2 Å². The number of ether oxygens (including phenoxy) is 1. The van der Waals surface area contributed by atoms with Crippen LogP contribution in [0.3, 0.4) is 0 Å². The van der Waals surface area contributed by atoms with E-state index in [4.69, 9.17) is 22.1 Å². The molecule has 0 saturated carbocycles. The number of halogens is 2. The van der Waals surface area contributed by atoms with Crippen molar-refractivity contribution in [2.24, 2.45) is 5.73 Å². The molecule has 0 bridgehead atoms. The van der Waals surface area contributed by atoms with E-state index in [0.717, 1.165) is 27.2 Å². The molecule has 0 radical (unpaired) electrons. The summed E-state index contributed by atoms with van der Waals surface area (Å²) < 4.78 is 6.77. The monoisotopic (exact) mass is 353 g/mol. The summed E-state index contributed by atoms with van der Waals surface area (Å²) in [7, 11) is 0. The molecule has 4 heteroatoms. The van der Waals surface area contributed by atoms with Crippen molar-refractivity contribution < 1.29 is 4.74 Å². The van der Waals surface area contributed by atoms with E-state index in [1.807, 2.05) is 42.5 Å². The van der Waals surface area contributed by atoms with E-state index in [0.29, 0.717) is 13.2 Å². The molecule has 0 aliphatic carbocycles. The van der Waals surface area contributed by atoms with Gasteiger partial charge in [0, 0.05) is 9.50 Å². The highest BCUT2D eigenvalue weighted by molar-refractivity contribution is 9.10. The van der Waals surface area contributed by atoms with Crippen molar-refractivity contribution in [3.8, 4) is 5.75 Å². The molecule has 0 aliphatic heterocycles. The first-order chi connectivity index (χ1) is 9.69. The summed E-state index contributed by atoms with van der Waals surface area (Å²) >= 11 is 9.44. The number of hydrogen-bond donors (Lipinski definition) is 1. The van der Waals surface area contributed by atoms with Gasteiger partial charge in [-0.3, -0.25) is 0 Å². The Hall–Kier alpha value is -1.03. The third-order valence-corrected chi connectivity index (χ3v) is 3.86. The van der Waals surface area contributed by atoms with Crippen LogP contribution in [0, 0.1) is 0 Å². The van der Waals surface area contributed by atoms with Gasteiger partial charge in [0.2, 0.25) is 0 Å². The zero-order valence-corrected chi connectivity index (χ0v) is 13.4. The second-order valence-corrected chi connectivity index (χ2v) is 5.93. The summed E-state index contributed by atoms with van der Waals surface area (Å²) in [5, 5.41) is 0.744. The Kier molecular flexibility index (Phi) is 5.89. The molecule has 20 heavy (non-hydrogen) atoms. The van der Waals surface area contributed by atoms with Crippen molar-refractivity contribution in [1.29, 1.82) is 0 Å². The molecule has 0 heterocycles. The van der Waals surface area contributed by atoms with Gasteiger partial charge in [0.25, 0.3) is 0 Å². The van der Waals surface area contributed by atoms with Gasteiger partial charge < -0.3 is 10.5 Å². The molecule has 1 unspecified atom stereocenters. The smallest absolute Gasteiger partial charge is 0.120 e. The van der Waals surface area contributed by atoms with Crippen LogP contribution >= 0.6 is 27.5 Å². The van der Waals surface area contributed by atoms with Gasteiger partial charge in [-0.25, -0.2) is 0 Å². The summed E-state index contributed by atoms with van der Waals surface area (Å²) in [5.74, 6) is 1.13. The van der Waals surface area contributed by atoms with E-state index in [1.165, 1.54) is 0 Å². The zero-order valence-electron chi connectivity index (χ0n) is 11.1. The fraction of sp³-hybridized carbons (Fsp3) is 0.250. The lowest BCUT2D eigenvalue weighted by Gasteiger charge is -2.16. The highest BCUT2D eigenvalue weighted by atomic mass is 79.9. The Balaban J connectivity index is 1.91. The van der Waals surface area contributed by atoms with Crippen LogP contribution in [-0.2, 0) is 0 Å². The first-order valence-electron chi connectivity index (χ1n) is 6.53. The quantitative estimate of drug-likeness (QED) is 0.822. The van der Waals surface area contributed by atoms with Crippen molar-refractivity contribution in [2.75, 3.05) is 13.2 Å². The van der Waals surface area contributed by atoms with Gasteiger partial charge in [0.05, 0.1) is 6.61 Å². The third-order valence-electron chi connectivity index (χ3n) is 3.14. The van der Waals surface area contributed by atoms with Crippen molar-refractivity contribution in [1.82, 2.24) is 0 Å². The summed E-state index contributed by atoms with van der Waals surface area (Å²) in [6.07, 6.45) is 0.864. The van der Waals surface area contributed by atoms with E-state index in [9.17, 15) is 0 Å². The van der Waals surface area contributed by atoms with E-state index in [2.05, 4.69) is 22.0 Å². The average molecular weight is 355 g/mol. The molecular formula is C16H17BrClNO. The Morgan fingerprint density at radius 1 is 1.15 bits per heavy atom. The van der Waals surface area contributed by atoms with E-state index in [1.54, 1.807) is 0 Å². The highest BCUT2D eigenvalue weighted by Crippen LogP contribution is 2.23. The first kappa shape index (κ1) is 15.4. The molecule has 2 N–H and O–H groups in total. The van der Waals surface area contributed by atoms with Crippen LogP contribution in [0.4, 0.5) is 0 Å². The van der Waals surface area contributed by atoms with E-state index in [-0.39, 0.29) is 5.92 Å². The fourth-order valence-electron chi connectivity index (χ4n) is 2.06. The van der Waals surface area contributed by atoms with Gasteiger partial charge in [-0.1, -0.05) is 45.7 Å². The maximum atomic E-state index is 6.02. The van der Waals surface area contributed by atoms with Gasteiger partial charge in [-0.15, -0.1) is 0 Å². The Morgan fingerprint density at radius 2 is 1.95 bits per heavy atom. The second kappa shape index (κ2) is 7.67. The van der Waals surface area contributed by atoms with Gasteiger partial charge in [-0.2, -0.15) is 0 Å². The highest BCUT2D eigenvalue weighted by Gasteiger charge is 2.10. The van der Waals surface area contributed by atoms with Crippen LogP contribution in [0.25, 0.3) is 0 Å².